The fourth-order valence-corrected chi connectivity index (χ4v) is 5.95. The van der Waals surface area contributed by atoms with Crippen LogP contribution in [0.25, 0.3) is 0 Å². The van der Waals surface area contributed by atoms with Gasteiger partial charge in [-0.3, -0.25) is 0 Å². The maximum absolute atomic E-state index is 11.9. The zero-order valence-electron chi connectivity index (χ0n) is 9.57. The molecule has 0 bridgehead atoms. The number of aromatic carboxylic acids is 1. The summed E-state index contributed by atoms with van der Waals surface area (Å²) in [6.07, 6.45) is 0.235. The van der Waals surface area contributed by atoms with Crippen molar-refractivity contribution in [2.75, 3.05) is 11.5 Å². The normalized spacial score (nSPS) is 22.4. The number of sulfonamides is 1. The molecule has 1 saturated heterocycles. The van der Waals surface area contributed by atoms with E-state index >= 15 is 0 Å². The lowest BCUT2D eigenvalue weighted by atomic mass is 10.3. The molecule has 0 radical (unpaired) electrons. The first kappa shape index (κ1) is 14.4. The third-order valence-corrected chi connectivity index (χ3v) is 7.37. The number of rotatable bonds is 4. The minimum Gasteiger partial charge on any atom is -0.478 e. The standard InChI is InChI=1S/C9H11NO6S3/c11-9(12)6-3-8(17-4-6)19(15,16)10-7-1-2-18(13,14)5-7/h3-4,7,10H,1-2,5H2,(H,11,12). The Morgan fingerprint density at radius 1 is 1.47 bits per heavy atom. The van der Waals surface area contributed by atoms with Gasteiger partial charge in [0.25, 0.3) is 0 Å². The van der Waals surface area contributed by atoms with Crippen LogP contribution in [0.1, 0.15) is 16.8 Å². The SMILES string of the molecule is O=C(O)c1csc(S(=O)(=O)NC2CCS(=O)(=O)C2)c1. The summed E-state index contributed by atoms with van der Waals surface area (Å²) in [4.78, 5) is 10.7. The highest BCUT2D eigenvalue weighted by Gasteiger charge is 2.32. The van der Waals surface area contributed by atoms with Crippen LogP contribution in [0.15, 0.2) is 15.7 Å². The van der Waals surface area contributed by atoms with E-state index < -0.39 is 31.9 Å². The summed E-state index contributed by atoms with van der Waals surface area (Å²) in [6.45, 7) is 0. The van der Waals surface area contributed by atoms with E-state index in [1.807, 2.05) is 0 Å². The van der Waals surface area contributed by atoms with Crippen molar-refractivity contribution in [3.8, 4) is 0 Å². The van der Waals surface area contributed by atoms with E-state index in [2.05, 4.69) is 4.72 Å². The van der Waals surface area contributed by atoms with Crippen LogP contribution in [0, 0.1) is 0 Å². The molecule has 0 saturated carbocycles. The van der Waals surface area contributed by atoms with Gasteiger partial charge in [-0.05, 0) is 12.5 Å². The molecular weight excluding hydrogens is 314 g/mol. The molecule has 1 aliphatic rings. The van der Waals surface area contributed by atoms with Gasteiger partial charge in [0.15, 0.2) is 9.84 Å². The van der Waals surface area contributed by atoms with E-state index in [4.69, 9.17) is 5.11 Å². The second-order valence-corrected chi connectivity index (χ2v) is 9.26. The van der Waals surface area contributed by atoms with Crippen molar-refractivity contribution in [2.45, 2.75) is 16.7 Å². The van der Waals surface area contributed by atoms with Crippen LogP contribution in [0.3, 0.4) is 0 Å². The van der Waals surface area contributed by atoms with Gasteiger partial charge in [-0.15, -0.1) is 11.3 Å². The number of nitrogens with one attached hydrogen (secondary N) is 1. The van der Waals surface area contributed by atoms with Crippen molar-refractivity contribution in [1.29, 1.82) is 0 Å². The molecule has 0 aliphatic carbocycles. The quantitative estimate of drug-likeness (QED) is 0.799. The lowest BCUT2D eigenvalue weighted by Gasteiger charge is -2.09. The van der Waals surface area contributed by atoms with Crippen LogP contribution in [0.5, 0.6) is 0 Å². The van der Waals surface area contributed by atoms with Gasteiger partial charge in [-0.1, -0.05) is 0 Å². The number of carboxylic acid groups (broad SMARTS) is 1. The smallest absolute Gasteiger partial charge is 0.336 e. The largest absolute Gasteiger partial charge is 0.478 e. The molecule has 7 nitrogen and oxygen atoms in total. The molecule has 0 spiro atoms. The van der Waals surface area contributed by atoms with Gasteiger partial charge in [0, 0.05) is 11.4 Å². The molecule has 2 heterocycles. The first-order valence-corrected chi connectivity index (χ1v) is 9.43. The van der Waals surface area contributed by atoms with Gasteiger partial charge in [0.1, 0.15) is 4.21 Å². The number of hydrogen-bond acceptors (Lipinski definition) is 6. The maximum Gasteiger partial charge on any atom is 0.336 e. The highest BCUT2D eigenvalue weighted by atomic mass is 32.2. The zero-order valence-corrected chi connectivity index (χ0v) is 12.0. The number of thiophene rings is 1. The molecule has 2 rings (SSSR count). The highest BCUT2D eigenvalue weighted by Crippen LogP contribution is 2.22. The molecule has 10 heteroatoms. The van der Waals surface area contributed by atoms with Gasteiger partial charge in [-0.2, -0.15) is 0 Å². The summed E-state index contributed by atoms with van der Waals surface area (Å²) >= 11 is 0.787. The Kier molecular flexibility index (Phi) is 3.69. The first-order chi connectivity index (χ1) is 8.70. The van der Waals surface area contributed by atoms with Crippen LogP contribution >= 0.6 is 11.3 Å². The third-order valence-electron chi connectivity index (χ3n) is 2.64. The minimum absolute atomic E-state index is 0.0367. The van der Waals surface area contributed by atoms with Gasteiger partial charge in [0.2, 0.25) is 10.0 Å². The molecule has 1 aliphatic heterocycles. The average Bonchev–Trinajstić information content (AvgIpc) is 2.84. The molecule has 1 fully saturated rings. The van der Waals surface area contributed by atoms with Crippen LogP contribution in [-0.4, -0.2) is 45.5 Å². The molecule has 0 aromatic carbocycles. The van der Waals surface area contributed by atoms with Crippen LogP contribution in [-0.2, 0) is 19.9 Å². The molecule has 106 valence electrons. The summed E-state index contributed by atoms with van der Waals surface area (Å²) in [5.41, 5.74) is -0.107. The Labute approximate surface area is 114 Å². The molecule has 1 atom stereocenters. The Balaban J connectivity index is 2.16. The van der Waals surface area contributed by atoms with Gasteiger partial charge in [0.05, 0.1) is 17.1 Å². The Morgan fingerprint density at radius 2 is 2.16 bits per heavy atom. The predicted molar refractivity (Wildman–Crippen MR) is 68.7 cm³/mol. The van der Waals surface area contributed by atoms with Crippen LogP contribution < -0.4 is 4.72 Å². The van der Waals surface area contributed by atoms with E-state index in [1.54, 1.807) is 0 Å². The highest BCUT2D eigenvalue weighted by molar-refractivity contribution is 7.92. The van der Waals surface area contributed by atoms with Gasteiger partial charge in [-0.25, -0.2) is 26.4 Å². The first-order valence-electron chi connectivity index (χ1n) is 5.24. The molecule has 1 aromatic heterocycles. The van der Waals surface area contributed by atoms with E-state index in [0.29, 0.717) is 0 Å². The topological polar surface area (TPSA) is 118 Å². The summed E-state index contributed by atoms with van der Waals surface area (Å²) in [5.74, 6) is -1.46. The predicted octanol–water partition coefficient (Wildman–Crippen LogP) is -0.0883. The lowest BCUT2D eigenvalue weighted by molar-refractivity contribution is 0.0697. The number of sulfone groups is 1. The van der Waals surface area contributed by atoms with Crippen molar-refractivity contribution in [2.24, 2.45) is 0 Å². The van der Waals surface area contributed by atoms with Crippen molar-refractivity contribution in [3.05, 3.63) is 17.0 Å². The van der Waals surface area contributed by atoms with Crippen molar-refractivity contribution >= 4 is 37.2 Å². The number of carboxylic acids is 1. The number of hydrogen-bond donors (Lipinski definition) is 2. The van der Waals surface area contributed by atoms with Crippen molar-refractivity contribution in [3.63, 3.8) is 0 Å². The fraction of sp³-hybridized carbons (Fsp3) is 0.444. The molecule has 1 unspecified atom stereocenters. The van der Waals surface area contributed by atoms with Crippen molar-refractivity contribution in [1.82, 2.24) is 4.72 Å². The molecule has 19 heavy (non-hydrogen) atoms. The number of carbonyl (C=O) groups is 1. The molecule has 2 N–H and O–H groups in total. The second-order valence-electron chi connectivity index (χ2n) is 4.18. The van der Waals surface area contributed by atoms with E-state index in [9.17, 15) is 21.6 Å². The summed E-state index contributed by atoms with van der Waals surface area (Å²) in [7, 11) is -7.04. The summed E-state index contributed by atoms with van der Waals surface area (Å²) in [6, 6.07) is 0.407. The van der Waals surface area contributed by atoms with Crippen molar-refractivity contribution < 1.29 is 26.7 Å². The Bertz CT molecular complexity index is 702. The minimum atomic E-state index is -3.87. The fourth-order valence-electron chi connectivity index (χ4n) is 1.74. The van der Waals surface area contributed by atoms with E-state index in [0.717, 1.165) is 17.4 Å². The van der Waals surface area contributed by atoms with E-state index in [1.165, 1.54) is 5.38 Å². The van der Waals surface area contributed by atoms with Gasteiger partial charge < -0.3 is 5.11 Å². The van der Waals surface area contributed by atoms with E-state index in [-0.39, 0.29) is 27.7 Å². The molecular formula is C9H11NO6S3. The Morgan fingerprint density at radius 3 is 2.63 bits per heavy atom. The van der Waals surface area contributed by atoms with Gasteiger partial charge >= 0.3 is 5.97 Å². The van der Waals surface area contributed by atoms with Crippen LogP contribution in [0.2, 0.25) is 0 Å². The van der Waals surface area contributed by atoms with Crippen LogP contribution in [0.4, 0.5) is 0 Å². The molecule has 1 aromatic rings. The maximum atomic E-state index is 11.9. The zero-order chi connectivity index (χ0) is 14.3. The monoisotopic (exact) mass is 325 g/mol. The summed E-state index contributed by atoms with van der Waals surface area (Å²) in [5, 5.41) is 9.95. The summed E-state index contributed by atoms with van der Waals surface area (Å²) < 4.78 is 48.5. The second kappa shape index (κ2) is 4.85. The lowest BCUT2D eigenvalue weighted by Crippen LogP contribution is -2.35. The Hall–Kier alpha value is -0.970. The third kappa shape index (κ3) is 3.32. The average molecular weight is 325 g/mol. The molecule has 0 amide bonds.